The van der Waals surface area contributed by atoms with Gasteiger partial charge < -0.3 is 15.3 Å². The SMILES string of the molecule is CC(CCN(C)C)NC1CC(O)C1(C)C. The number of aliphatic hydroxyl groups excluding tert-OH is 1. The molecule has 0 aromatic rings. The van der Waals surface area contributed by atoms with E-state index in [1.54, 1.807) is 0 Å². The van der Waals surface area contributed by atoms with Gasteiger partial charge in [0, 0.05) is 17.5 Å². The number of hydrogen-bond donors (Lipinski definition) is 2. The molecule has 0 aromatic heterocycles. The van der Waals surface area contributed by atoms with Gasteiger partial charge in [0.1, 0.15) is 0 Å². The first kappa shape index (κ1) is 12.9. The van der Waals surface area contributed by atoms with Crippen LogP contribution in [-0.2, 0) is 0 Å². The van der Waals surface area contributed by atoms with Crippen molar-refractivity contribution >= 4 is 0 Å². The number of nitrogens with one attached hydrogen (secondary N) is 1. The number of nitrogens with zero attached hydrogens (tertiary/aromatic N) is 1. The summed E-state index contributed by atoms with van der Waals surface area (Å²) in [7, 11) is 4.20. The van der Waals surface area contributed by atoms with Crippen LogP contribution in [0.4, 0.5) is 0 Å². The van der Waals surface area contributed by atoms with Crippen molar-refractivity contribution in [2.24, 2.45) is 5.41 Å². The third-order valence-corrected chi connectivity index (χ3v) is 3.71. The van der Waals surface area contributed by atoms with Crippen molar-refractivity contribution in [3.8, 4) is 0 Å². The summed E-state index contributed by atoms with van der Waals surface area (Å²) in [6, 6.07) is 1.01. The molecule has 15 heavy (non-hydrogen) atoms. The molecule has 3 unspecified atom stereocenters. The highest BCUT2D eigenvalue weighted by molar-refractivity contribution is 5.02. The fourth-order valence-electron chi connectivity index (χ4n) is 2.06. The number of aliphatic hydroxyl groups is 1. The number of rotatable bonds is 5. The topological polar surface area (TPSA) is 35.5 Å². The van der Waals surface area contributed by atoms with Gasteiger partial charge in [-0.15, -0.1) is 0 Å². The molecule has 1 rings (SSSR count). The van der Waals surface area contributed by atoms with Crippen LogP contribution in [-0.4, -0.2) is 48.8 Å². The molecule has 0 saturated heterocycles. The van der Waals surface area contributed by atoms with Gasteiger partial charge in [0.05, 0.1) is 6.10 Å². The Hall–Kier alpha value is -0.120. The molecule has 3 heteroatoms. The number of hydrogen-bond acceptors (Lipinski definition) is 3. The van der Waals surface area contributed by atoms with E-state index in [9.17, 15) is 5.11 Å². The van der Waals surface area contributed by atoms with Gasteiger partial charge in [0.15, 0.2) is 0 Å². The third kappa shape index (κ3) is 3.16. The lowest BCUT2D eigenvalue weighted by Gasteiger charge is -2.50. The van der Waals surface area contributed by atoms with Gasteiger partial charge in [0.2, 0.25) is 0 Å². The first-order valence-electron chi connectivity index (χ1n) is 5.93. The van der Waals surface area contributed by atoms with Gasteiger partial charge >= 0.3 is 0 Å². The highest BCUT2D eigenvalue weighted by atomic mass is 16.3. The van der Waals surface area contributed by atoms with Crippen LogP contribution in [0.3, 0.4) is 0 Å². The highest BCUT2D eigenvalue weighted by Gasteiger charge is 2.47. The van der Waals surface area contributed by atoms with Gasteiger partial charge in [0.25, 0.3) is 0 Å². The molecule has 0 heterocycles. The second kappa shape index (κ2) is 4.81. The van der Waals surface area contributed by atoms with Crippen LogP contribution in [0.1, 0.15) is 33.6 Å². The third-order valence-electron chi connectivity index (χ3n) is 3.71. The second-order valence-electron chi connectivity index (χ2n) is 5.79. The predicted octanol–water partition coefficient (Wildman–Crippen LogP) is 1.08. The molecule has 0 amide bonds. The molecule has 1 aliphatic rings. The highest BCUT2D eigenvalue weighted by Crippen LogP contribution is 2.40. The van der Waals surface area contributed by atoms with Crippen LogP contribution >= 0.6 is 0 Å². The van der Waals surface area contributed by atoms with E-state index in [1.165, 1.54) is 0 Å². The first-order chi connectivity index (χ1) is 6.84. The van der Waals surface area contributed by atoms with Gasteiger partial charge in [-0.2, -0.15) is 0 Å². The summed E-state index contributed by atoms with van der Waals surface area (Å²) in [5, 5.41) is 13.2. The van der Waals surface area contributed by atoms with E-state index in [4.69, 9.17) is 0 Å². The van der Waals surface area contributed by atoms with Crippen LogP contribution in [0.15, 0.2) is 0 Å². The molecule has 0 radical (unpaired) electrons. The molecule has 2 N–H and O–H groups in total. The molecule has 0 spiro atoms. The maximum absolute atomic E-state index is 9.63. The van der Waals surface area contributed by atoms with Gasteiger partial charge in [-0.25, -0.2) is 0 Å². The maximum Gasteiger partial charge on any atom is 0.0621 e. The molecule has 1 saturated carbocycles. The molecule has 0 bridgehead atoms. The standard InChI is InChI=1S/C12H26N2O/c1-9(6-7-14(4)5)13-10-8-11(15)12(10,2)3/h9-11,13,15H,6-8H2,1-5H3. The van der Waals surface area contributed by atoms with Crippen molar-refractivity contribution < 1.29 is 5.11 Å². The van der Waals surface area contributed by atoms with Gasteiger partial charge in [-0.3, -0.25) is 0 Å². The quantitative estimate of drug-likeness (QED) is 0.719. The van der Waals surface area contributed by atoms with E-state index < -0.39 is 0 Å². The summed E-state index contributed by atoms with van der Waals surface area (Å²) in [6.07, 6.45) is 1.94. The smallest absolute Gasteiger partial charge is 0.0621 e. The summed E-state index contributed by atoms with van der Waals surface area (Å²) >= 11 is 0. The molecule has 3 nitrogen and oxygen atoms in total. The molecular formula is C12H26N2O. The zero-order chi connectivity index (χ0) is 11.6. The lowest BCUT2D eigenvalue weighted by Crippen LogP contribution is -2.61. The zero-order valence-electron chi connectivity index (χ0n) is 10.7. The van der Waals surface area contributed by atoms with Crippen molar-refractivity contribution in [1.82, 2.24) is 10.2 Å². The predicted molar refractivity (Wildman–Crippen MR) is 64.0 cm³/mol. The van der Waals surface area contributed by atoms with E-state index in [1.807, 2.05) is 0 Å². The normalized spacial score (nSPS) is 31.4. The second-order valence-corrected chi connectivity index (χ2v) is 5.79. The van der Waals surface area contributed by atoms with Crippen molar-refractivity contribution in [2.75, 3.05) is 20.6 Å². The van der Waals surface area contributed by atoms with Crippen LogP contribution in [0, 0.1) is 5.41 Å². The van der Waals surface area contributed by atoms with Crippen LogP contribution in [0.2, 0.25) is 0 Å². The molecule has 1 aliphatic carbocycles. The maximum atomic E-state index is 9.63. The summed E-state index contributed by atoms with van der Waals surface area (Å²) in [5.74, 6) is 0. The van der Waals surface area contributed by atoms with Gasteiger partial charge in [-0.1, -0.05) is 13.8 Å². The van der Waals surface area contributed by atoms with Crippen LogP contribution < -0.4 is 5.32 Å². The van der Waals surface area contributed by atoms with Crippen molar-refractivity contribution in [2.45, 2.75) is 51.8 Å². The van der Waals surface area contributed by atoms with Crippen LogP contribution in [0.5, 0.6) is 0 Å². The zero-order valence-corrected chi connectivity index (χ0v) is 10.7. The summed E-state index contributed by atoms with van der Waals surface area (Å²) in [6.45, 7) is 7.61. The van der Waals surface area contributed by atoms with Gasteiger partial charge in [-0.05, 0) is 40.4 Å². The average Bonchev–Trinajstić information content (AvgIpc) is 2.14. The molecule has 0 aromatic carbocycles. The Balaban J connectivity index is 2.25. The molecule has 90 valence electrons. The summed E-state index contributed by atoms with van der Waals surface area (Å²) in [5.41, 5.74) is 0.0480. The lowest BCUT2D eigenvalue weighted by atomic mass is 9.64. The minimum absolute atomic E-state index is 0.0480. The molecule has 3 atom stereocenters. The molecule has 1 fully saturated rings. The van der Waals surface area contributed by atoms with Crippen molar-refractivity contribution in [3.63, 3.8) is 0 Å². The van der Waals surface area contributed by atoms with E-state index >= 15 is 0 Å². The van der Waals surface area contributed by atoms with E-state index in [-0.39, 0.29) is 11.5 Å². The van der Waals surface area contributed by atoms with E-state index in [0.29, 0.717) is 12.1 Å². The Bertz CT molecular complexity index is 204. The summed E-state index contributed by atoms with van der Waals surface area (Å²) in [4.78, 5) is 2.21. The fourth-order valence-corrected chi connectivity index (χ4v) is 2.06. The molecule has 0 aliphatic heterocycles. The van der Waals surface area contributed by atoms with E-state index in [2.05, 4.69) is 45.1 Å². The van der Waals surface area contributed by atoms with E-state index in [0.717, 1.165) is 19.4 Å². The first-order valence-corrected chi connectivity index (χ1v) is 5.93. The minimum Gasteiger partial charge on any atom is -0.392 e. The summed E-state index contributed by atoms with van der Waals surface area (Å²) < 4.78 is 0. The molecular weight excluding hydrogens is 188 g/mol. The minimum atomic E-state index is -0.129. The monoisotopic (exact) mass is 214 g/mol. The Morgan fingerprint density at radius 1 is 1.47 bits per heavy atom. The Morgan fingerprint density at radius 2 is 2.07 bits per heavy atom. The lowest BCUT2D eigenvalue weighted by molar-refractivity contribution is -0.0756. The van der Waals surface area contributed by atoms with Crippen molar-refractivity contribution in [1.29, 1.82) is 0 Å². The Labute approximate surface area is 93.9 Å². The van der Waals surface area contributed by atoms with Crippen LogP contribution in [0.25, 0.3) is 0 Å². The largest absolute Gasteiger partial charge is 0.392 e. The fraction of sp³-hybridized carbons (Fsp3) is 1.00. The Morgan fingerprint density at radius 3 is 2.47 bits per heavy atom. The average molecular weight is 214 g/mol. The Kier molecular flexibility index (Phi) is 4.15. The van der Waals surface area contributed by atoms with Crippen molar-refractivity contribution in [3.05, 3.63) is 0 Å².